The predicted octanol–water partition coefficient (Wildman–Crippen LogP) is 1.93. The summed E-state index contributed by atoms with van der Waals surface area (Å²) in [5, 5.41) is 0. The minimum atomic E-state index is -0.0378. The molecule has 0 unspecified atom stereocenters. The standard InChI is InChI=1S/C13H19N3O/c1-16(9-10-5-2-3-6-10)13(17)11-7-4-8-12(14)15-11/h4,7-8,10H,2-3,5-6,9H2,1H3,(H2,14,15). The minimum absolute atomic E-state index is 0.0378. The summed E-state index contributed by atoms with van der Waals surface area (Å²) >= 11 is 0. The lowest BCUT2D eigenvalue weighted by molar-refractivity contribution is 0.0767. The highest BCUT2D eigenvalue weighted by atomic mass is 16.2. The molecule has 0 spiro atoms. The second kappa shape index (κ2) is 5.17. The molecule has 1 aromatic rings. The molecule has 0 atom stereocenters. The highest BCUT2D eigenvalue weighted by molar-refractivity contribution is 5.92. The van der Waals surface area contributed by atoms with E-state index in [9.17, 15) is 4.79 Å². The van der Waals surface area contributed by atoms with Gasteiger partial charge in [0.15, 0.2) is 0 Å². The highest BCUT2D eigenvalue weighted by Gasteiger charge is 2.20. The van der Waals surface area contributed by atoms with Crippen LogP contribution < -0.4 is 5.73 Å². The second-order valence-electron chi connectivity index (χ2n) is 4.78. The lowest BCUT2D eigenvalue weighted by Crippen LogP contribution is -2.31. The van der Waals surface area contributed by atoms with Gasteiger partial charge in [-0.1, -0.05) is 18.9 Å². The third kappa shape index (κ3) is 2.96. The Labute approximate surface area is 102 Å². The van der Waals surface area contributed by atoms with Crippen LogP contribution in [0.15, 0.2) is 18.2 Å². The zero-order chi connectivity index (χ0) is 12.3. The maximum Gasteiger partial charge on any atom is 0.272 e. The maximum atomic E-state index is 12.1. The molecule has 4 nitrogen and oxygen atoms in total. The van der Waals surface area contributed by atoms with Crippen molar-refractivity contribution in [3.8, 4) is 0 Å². The van der Waals surface area contributed by atoms with Gasteiger partial charge in [0.05, 0.1) is 0 Å². The van der Waals surface area contributed by atoms with Crippen molar-refractivity contribution in [2.24, 2.45) is 5.92 Å². The van der Waals surface area contributed by atoms with Crippen molar-refractivity contribution in [2.75, 3.05) is 19.3 Å². The van der Waals surface area contributed by atoms with Gasteiger partial charge in [-0.2, -0.15) is 0 Å². The Balaban J connectivity index is 1.98. The van der Waals surface area contributed by atoms with Gasteiger partial charge in [0, 0.05) is 13.6 Å². The van der Waals surface area contributed by atoms with Crippen LogP contribution in [0.3, 0.4) is 0 Å². The molecular weight excluding hydrogens is 214 g/mol. The number of carbonyl (C=O) groups excluding carboxylic acids is 1. The van der Waals surface area contributed by atoms with Crippen molar-refractivity contribution in [3.63, 3.8) is 0 Å². The summed E-state index contributed by atoms with van der Waals surface area (Å²) in [6.45, 7) is 0.829. The number of nitrogens with two attached hydrogens (primary N) is 1. The Morgan fingerprint density at radius 3 is 2.82 bits per heavy atom. The number of nitrogens with zero attached hydrogens (tertiary/aromatic N) is 2. The van der Waals surface area contributed by atoms with E-state index in [1.54, 1.807) is 23.1 Å². The normalized spacial score (nSPS) is 16.1. The zero-order valence-corrected chi connectivity index (χ0v) is 10.2. The number of hydrogen-bond donors (Lipinski definition) is 1. The average molecular weight is 233 g/mol. The van der Waals surface area contributed by atoms with Gasteiger partial charge in [-0.25, -0.2) is 4.98 Å². The molecule has 4 heteroatoms. The maximum absolute atomic E-state index is 12.1. The molecule has 1 aliphatic rings. The summed E-state index contributed by atoms with van der Waals surface area (Å²) in [4.78, 5) is 17.9. The van der Waals surface area contributed by atoms with Crippen molar-refractivity contribution >= 4 is 11.7 Å². The summed E-state index contributed by atoms with van der Waals surface area (Å²) in [5.41, 5.74) is 6.01. The van der Waals surface area contributed by atoms with E-state index in [0.29, 0.717) is 17.4 Å². The Morgan fingerprint density at radius 1 is 1.47 bits per heavy atom. The van der Waals surface area contributed by atoms with Gasteiger partial charge in [0.2, 0.25) is 0 Å². The molecule has 92 valence electrons. The van der Waals surface area contributed by atoms with E-state index in [4.69, 9.17) is 5.73 Å². The number of amides is 1. The van der Waals surface area contributed by atoms with Gasteiger partial charge < -0.3 is 10.6 Å². The van der Waals surface area contributed by atoms with E-state index in [2.05, 4.69) is 4.98 Å². The first-order chi connectivity index (χ1) is 8.16. The molecule has 1 fully saturated rings. The minimum Gasteiger partial charge on any atom is -0.384 e. The predicted molar refractivity (Wildman–Crippen MR) is 67.6 cm³/mol. The Hall–Kier alpha value is -1.58. The molecule has 0 aromatic carbocycles. The van der Waals surface area contributed by atoms with E-state index in [1.165, 1.54) is 25.7 Å². The lowest BCUT2D eigenvalue weighted by Gasteiger charge is -2.20. The first kappa shape index (κ1) is 11.9. The van der Waals surface area contributed by atoms with Gasteiger partial charge >= 0.3 is 0 Å². The Bertz CT molecular complexity index is 399. The number of aromatic nitrogens is 1. The Kier molecular flexibility index (Phi) is 3.61. The van der Waals surface area contributed by atoms with Crippen molar-refractivity contribution in [3.05, 3.63) is 23.9 Å². The fourth-order valence-electron chi connectivity index (χ4n) is 2.43. The molecular formula is C13H19N3O. The Morgan fingerprint density at radius 2 is 2.18 bits per heavy atom. The van der Waals surface area contributed by atoms with Gasteiger partial charge in [0.1, 0.15) is 11.5 Å². The molecule has 0 radical (unpaired) electrons. The molecule has 2 N–H and O–H groups in total. The molecule has 0 saturated heterocycles. The van der Waals surface area contributed by atoms with Gasteiger partial charge in [-0.3, -0.25) is 4.79 Å². The number of carbonyl (C=O) groups is 1. The lowest BCUT2D eigenvalue weighted by atomic mass is 10.1. The first-order valence-corrected chi connectivity index (χ1v) is 6.15. The third-order valence-electron chi connectivity index (χ3n) is 3.34. The number of anilines is 1. The van der Waals surface area contributed by atoms with Crippen LogP contribution in [0.5, 0.6) is 0 Å². The van der Waals surface area contributed by atoms with Crippen molar-refractivity contribution in [2.45, 2.75) is 25.7 Å². The summed E-state index contributed by atoms with van der Waals surface area (Å²) in [6, 6.07) is 5.16. The van der Waals surface area contributed by atoms with Gasteiger partial charge in [-0.05, 0) is 30.9 Å². The van der Waals surface area contributed by atoms with Crippen LogP contribution in [0.2, 0.25) is 0 Å². The number of rotatable bonds is 3. The van der Waals surface area contributed by atoms with E-state index in [-0.39, 0.29) is 5.91 Å². The van der Waals surface area contributed by atoms with E-state index in [0.717, 1.165) is 6.54 Å². The van der Waals surface area contributed by atoms with Crippen LogP contribution in [0.4, 0.5) is 5.82 Å². The largest absolute Gasteiger partial charge is 0.384 e. The van der Waals surface area contributed by atoms with Crippen LogP contribution in [0.25, 0.3) is 0 Å². The van der Waals surface area contributed by atoms with Crippen LogP contribution >= 0.6 is 0 Å². The van der Waals surface area contributed by atoms with Crippen molar-refractivity contribution in [1.82, 2.24) is 9.88 Å². The molecule has 1 saturated carbocycles. The first-order valence-electron chi connectivity index (χ1n) is 6.15. The molecule has 1 heterocycles. The molecule has 1 aromatic heterocycles. The second-order valence-corrected chi connectivity index (χ2v) is 4.78. The molecule has 0 aliphatic heterocycles. The van der Waals surface area contributed by atoms with Crippen LogP contribution in [0, 0.1) is 5.92 Å². The summed E-state index contributed by atoms with van der Waals surface area (Å²) in [6.07, 6.45) is 5.07. The SMILES string of the molecule is CN(CC1CCCC1)C(=O)c1cccc(N)n1. The van der Waals surface area contributed by atoms with E-state index < -0.39 is 0 Å². The monoisotopic (exact) mass is 233 g/mol. The van der Waals surface area contributed by atoms with E-state index in [1.807, 2.05) is 7.05 Å². The zero-order valence-electron chi connectivity index (χ0n) is 10.2. The summed E-state index contributed by atoms with van der Waals surface area (Å²) in [5.74, 6) is 1.01. The fourth-order valence-corrected chi connectivity index (χ4v) is 2.43. The molecule has 2 rings (SSSR count). The third-order valence-corrected chi connectivity index (χ3v) is 3.34. The molecule has 1 aliphatic carbocycles. The van der Waals surface area contributed by atoms with Crippen molar-refractivity contribution in [1.29, 1.82) is 0 Å². The molecule has 17 heavy (non-hydrogen) atoms. The smallest absolute Gasteiger partial charge is 0.272 e. The molecule has 0 bridgehead atoms. The van der Waals surface area contributed by atoms with Gasteiger partial charge in [0.25, 0.3) is 5.91 Å². The van der Waals surface area contributed by atoms with Crippen LogP contribution in [-0.2, 0) is 0 Å². The number of hydrogen-bond acceptors (Lipinski definition) is 3. The highest BCUT2D eigenvalue weighted by Crippen LogP contribution is 2.25. The fraction of sp³-hybridized carbons (Fsp3) is 0.538. The quantitative estimate of drug-likeness (QED) is 0.867. The number of pyridine rings is 1. The van der Waals surface area contributed by atoms with Crippen LogP contribution in [0.1, 0.15) is 36.2 Å². The van der Waals surface area contributed by atoms with Crippen LogP contribution in [-0.4, -0.2) is 29.4 Å². The average Bonchev–Trinajstić information content (AvgIpc) is 2.80. The topological polar surface area (TPSA) is 59.2 Å². The van der Waals surface area contributed by atoms with Gasteiger partial charge in [-0.15, -0.1) is 0 Å². The van der Waals surface area contributed by atoms with Crippen molar-refractivity contribution < 1.29 is 4.79 Å². The summed E-state index contributed by atoms with van der Waals surface area (Å²) in [7, 11) is 1.84. The molecule has 1 amide bonds. The van der Waals surface area contributed by atoms with E-state index >= 15 is 0 Å². The summed E-state index contributed by atoms with van der Waals surface area (Å²) < 4.78 is 0. The number of nitrogen functional groups attached to an aromatic ring is 1.